The molecule has 0 aliphatic rings. The fraction of sp³-hybridized carbons (Fsp3) is 0.190. The second-order valence-corrected chi connectivity index (χ2v) is 6.46. The summed E-state index contributed by atoms with van der Waals surface area (Å²) >= 11 is 5.93. The van der Waals surface area contributed by atoms with Crippen molar-refractivity contribution in [2.45, 2.75) is 0 Å². The summed E-state index contributed by atoms with van der Waals surface area (Å²) < 4.78 is 5.39. The van der Waals surface area contributed by atoms with E-state index in [1.807, 2.05) is 67.5 Å². The minimum absolute atomic E-state index is 0.335. The maximum absolute atomic E-state index is 12.5. The molecule has 0 amide bonds. The number of carbonyl (C=O) groups is 3. The molecule has 0 radical (unpaired) electrons. The monoisotopic (exact) mass is 419 g/mol. The normalized spacial score (nSPS) is 10.7. The van der Waals surface area contributed by atoms with Gasteiger partial charge in [0.25, 0.3) is 0 Å². The van der Waals surface area contributed by atoms with Crippen LogP contribution in [0.3, 0.4) is 0 Å². The summed E-state index contributed by atoms with van der Waals surface area (Å²) in [6.07, 6.45) is 1.83. The molecule has 0 aliphatic carbocycles. The predicted molar refractivity (Wildman–Crippen MR) is 111 cm³/mol. The fourth-order valence-electron chi connectivity index (χ4n) is 2.00. The second-order valence-electron chi connectivity index (χ2n) is 6.03. The molecule has 8 heteroatoms. The van der Waals surface area contributed by atoms with Gasteiger partial charge < -0.3 is 19.8 Å². The molecule has 7 nitrogen and oxygen atoms in total. The molecule has 0 spiro atoms. The van der Waals surface area contributed by atoms with Crippen LogP contribution in [0.1, 0.15) is 11.1 Å². The van der Waals surface area contributed by atoms with E-state index in [9.17, 15) is 4.79 Å². The number of esters is 1. The van der Waals surface area contributed by atoms with Crippen molar-refractivity contribution >= 4 is 41.2 Å². The van der Waals surface area contributed by atoms with Crippen LogP contribution in [-0.4, -0.2) is 60.3 Å². The third kappa shape index (κ3) is 9.55. The third-order valence-corrected chi connectivity index (χ3v) is 3.69. The Morgan fingerprint density at radius 1 is 0.966 bits per heavy atom. The highest BCUT2D eigenvalue weighted by Gasteiger charge is 2.14. The highest BCUT2D eigenvalue weighted by molar-refractivity contribution is 6.30. The molecular weight excluding hydrogens is 398 g/mol. The summed E-state index contributed by atoms with van der Waals surface area (Å²) in [6, 6.07) is 16.9. The van der Waals surface area contributed by atoms with Crippen molar-refractivity contribution in [1.29, 1.82) is 0 Å². The fourth-order valence-corrected chi connectivity index (χ4v) is 2.13. The first kappa shape index (κ1) is 23.9. The van der Waals surface area contributed by atoms with Gasteiger partial charge >= 0.3 is 17.9 Å². The molecule has 2 rings (SSSR count). The maximum Gasteiger partial charge on any atom is 0.414 e. The summed E-state index contributed by atoms with van der Waals surface area (Å²) in [4.78, 5) is 32.6. The van der Waals surface area contributed by atoms with Gasteiger partial charge in [0.05, 0.1) is 5.57 Å². The van der Waals surface area contributed by atoms with Crippen LogP contribution < -0.4 is 0 Å². The van der Waals surface area contributed by atoms with Gasteiger partial charge in [-0.15, -0.1) is 0 Å². The largest absolute Gasteiger partial charge is 0.473 e. The number of hydrogen-bond acceptors (Lipinski definition) is 5. The first-order valence-corrected chi connectivity index (χ1v) is 8.89. The van der Waals surface area contributed by atoms with Crippen molar-refractivity contribution in [2.24, 2.45) is 0 Å². The Balaban J connectivity index is 0.000000612. The minimum Gasteiger partial charge on any atom is -0.473 e. The molecule has 0 bridgehead atoms. The van der Waals surface area contributed by atoms with Gasteiger partial charge in [-0.05, 0) is 43.4 Å². The van der Waals surface area contributed by atoms with E-state index >= 15 is 0 Å². The van der Waals surface area contributed by atoms with E-state index in [2.05, 4.69) is 0 Å². The second kappa shape index (κ2) is 12.3. The van der Waals surface area contributed by atoms with Gasteiger partial charge in [-0.1, -0.05) is 54.1 Å². The van der Waals surface area contributed by atoms with Crippen LogP contribution >= 0.6 is 11.6 Å². The number of carbonyl (C=O) groups excluding carboxylic acids is 1. The molecule has 0 saturated heterocycles. The zero-order valence-corrected chi connectivity index (χ0v) is 16.8. The summed E-state index contributed by atoms with van der Waals surface area (Å²) in [5, 5.41) is 15.4. The van der Waals surface area contributed by atoms with Crippen LogP contribution in [0.2, 0.25) is 5.02 Å². The molecule has 0 saturated carbocycles. The lowest BCUT2D eigenvalue weighted by Crippen LogP contribution is -2.20. The third-order valence-electron chi connectivity index (χ3n) is 3.44. The first-order valence-electron chi connectivity index (χ1n) is 8.51. The van der Waals surface area contributed by atoms with Crippen molar-refractivity contribution in [3.05, 3.63) is 70.7 Å². The van der Waals surface area contributed by atoms with Crippen molar-refractivity contribution < 1.29 is 29.3 Å². The molecule has 154 valence electrons. The molecule has 0 unspecified atom stereocenters. The van der Waals surface area contributed by atoms with Crippen LogP contribution in [0.5, 0.6) is 0 Å². The molecule has 0 atom stereocenters. The molecule has 2 aromatic rings. The number of aliphatic carboxylic acids is 2. The molecule has 0 aliphatic heterocycles. The van der Waals surface area contributed by atoms with Crippen molar-refractivity contribution in [1.82, 2.24) is 4.90 Å². The highest BCUT2D eigenvalue weighted by atomic mass is 35.5. The molecule has 2 aromatic carbocycles. The lowest BCUT2D eigenvalue weighted by molar-refractivity contribution is -0.159. The quantitative estimate of drug-likeness (QED) is 0.321. The van der Waals surface area contributed by atoms with Crippen LogP contribution in [0.4, 0.5) is 0 Å². The molecule has 29 heavy (non-hydrogen) atoms. The number of benzene rings is 2. The standard InChI is InChI=1S/C19H20ClNO2.C2H2O4/c1-21(2)12-13-23-19(22)18(14-15-6-4-3-5-7-15)16-8-10-17(20)11-9-16;3-1(4)2(5)6/h3-11,14H,12-13H2,1-2H3;(H,3,4)(H,5,6)/b18-14+;. The van der Waals surface area contributed by atoms with Crippen LogP contribution in [-0.2, 0) is 19.1 Å². The van der Waals surface area contributed by atoms with E-state index in [1.54, 1.807) is 12.1 Å². The number of halogens is 1. The Bertz CT molecular complexity index is 835. The Hall–Kier alpha value is -3.16. The Morgan fingerprint density at radius 3 is 2.00 bits per heavy atom. The number of likely N-dealkylation sites (N-methyl/N-ethyl adjacent to an activating group) is 1. The average Bonchev–Trinajstić information content (AvgIpc) is 2.68. The number of ether oxygens (including phenoxy) is 1. The van der Waals surface area contributed by atoms with E-state index in [4.69, 9.17) is 36.1 Å². The number of carboxylic acids is 2. The molecule has 0 heterocycles. The van der Waals surface area contributed by atoms with Gasteiger partial charge in [0.1, 0.15) is 6.61 Å². The van der Waals surface area contributed by atoms with Crippen molar-refractivity contribution in [2.75, 3.05) is 27.2 Å². The zero-order valence-electron chi connectivity index (χ0n) is 16.0. The smallest absolute Gasteiger partial charge is 0.414 e. The van der Waals surface area contributed by atoms with Gasteiger partial charge in [-0.2, -0.15) is 0 Å². The number of carboxylic acid groups (broad SMARTS) is 2. The first-order chi connectivity index (χ1) is 13.7. The average molecular weight is 420 g/mol. The lowest BCUT2D eigenvalue weighted by Gasteiger charge is -2.12. The van der Waals surface area contributed by atoms with E-state index in [1.165, 1.54) is 0 Å². The molecular formula is C21H22ClNO6. The van der Waals surface area contributed by atoms with Gasteiger partial charge in [-0.25, -0.2) is 14.4 Å². The minimum atomic E-state index is -1.82. The van der Waals surface area contributed by atoms with Gasteiger partial charge in [0.2, 0.25) is 0 Å². The zero-order chi connectivity index (χ0) is 21.8. The topological polar surface area (TPSA) is 104 Å². The van der Waals surface area contributed by atoms with E-state index in [0.29, 0.717) is 23.7 Å². The van der Waals surface area contributed by atoms with Gasteiger partial charge in [0, 0.05) is 11.6 Å². The van der Waals surface area contributed by atoms with E-state index in [0.717, 1.165) is 11.1 Å². The van der Waals surface area contributed by atoms with E-state index in [-0.39, 0.29) is 5.97 Å². The van der Waals surface area contributed by atoms with Gasteiger partial charge in [0.15, 0.2) is 0 Å². The van der Waals surface area contributed by atoms with Crippen molar-refractivity contribution in [3.63, 3.8) is 0 Å². The van der Waals surface area contributed by atoms with Crippen LogP contribution in [0.15, 0.2) is 54.6 Å². The maximum atomic E-state index is 12.5. The Labute approximate surface area is 173 Å². The predicted octanol–water partition coefficient (Wildman–Crippen LogP) is 3.14. The Morgan fingerprint density at radius 2 is 1.52 bits per heavy atom. The number of hydrogen-bond donors (Lipinski definition) is 2. The Kier molecular flexibility index (Phi) is 10.2. The van der Waals surface area contributed by atoms with Crippen LogP contribution in [0, 0.1) is 0 Å². The molecule has 0 fully saturated rings. The summed E-state index contributed by atoms with van der Waals surface area (Å²) in [6.45, 7) is 1.04. The summed E-state index contributed by atoms with van der Waals surface area (Å²) in [5.74, 6) is -3.98. The van der Waals surface area contributed by atoms with E-state index < -0.39 is 11.9 Å². The van der Waals surface area contributed by atoms with Gasteiger partial charge in [-0.3, -0.25) is 0 Å². The van der Waals surface area contributed by atoms with Crippen molar-refractivity contribution in [3.8, 4) is 0 Å². The van der Waals surface area contributed by atoms with Crippen LogP contribution in [0.25, 0.3) is 11.6 Å². The SMILES string of the molecule is CN(C)CCOC(=O)/C(=C/c1ccccc1)c1ccc(Cl)cc1.O=C(O)C(=O)O. The molecule has 0 aromatic heterocycles. The number of nitrogens with zero attached hydrogens (tertiary/aromatic N) is 1. The summed E-state index contributed by atoms with van der Waals surface area (Å²) in [7, 11) is 3.88. The molecule has 2 N–H and O–H groups in total. The summed E-state index contributed by atoms with van der Waals surface area (Å²) in [5.41, 5.74) is 2.25. The number of rotatable bonds is 6. The highest BCUT2D eigenvalue weighted by Crippen LogP contribution is 2.22. The lowest BCUT2D eigenvalue weighted by atomic mass is 10.0.